The van der Waals surface area contributed by atoms with Gasteiger partial charge in [0.05, 0.1) is 11.4 Å². The highest BCUT2D eigenvalue weighted by Gasteiger charge is 2.26. The predicted molar refractivity (Wildman–Crippen MR) is 141 cm³/mol. The number of piperazine rings is 1. The fourth-order valence-electron chi connectivity index (χ4n) is 4.87. The Morgan fingerprint density at radius 2 is 1.76 bits per heavy atom. The fraction of sp³-hybridized carbons (Fsp3) is 0.345. The van der Waals surface area contributed by atoms with Crippen molar-refractivity contribution in [2.75, 3.05) is 33.0 Å². The van der Waals surface area contributed by atoms with Crippen molar-refractivity contribution in [2.24, 2.45) is 0 Å². The van der Waals surface area contributed by atoms with Crippen LogP contribution in [0.3, 0.4) is 0 Å². The number of halogens is 1. The normalized spacial score (nSPS) is 15.8. The summed E-state index contributed by atoms with van der Waals surface area (Å²) in [6.07, 6.45) is 0. The number of hydrogen-bond acceptors (Lipinski definition) is 6. The van der Waals surface area contributed by atoms with Crippen LogP contribution in [0.2, 0.25) is 0 Å². The number of nitrogens with zero attached hydrogens (tertiary/aromatic N) is 5. The van der Waals surface area contributed by atoms with Gasteiger partial charge in [-0.05, 0) is 35.9 Å². The molecule has 1 saturated heterocycles. The van der Waals surface area contributed by atoms with Crippen LogP contribution in [0.4, 0.5) is 4.39 Å². The molecule has 38 heavy (non-hydrogen) atoms. The minimum absolute atomic E-state index is 0.133. The van der Waals surface area contributed by atoms with Crippen molar-refractivity contribution >= 4 is 11.6 Å². The number of hydrogen-bond donors (Lipinski definition) is 0. The number of amides is 1. The summed E-state index contributed by atoms with van der Waals surface area (Å²) in [5, 5.41) is 4.76. The van der Waals surface area contributed by atoms with E-state index in [0.717, 1.165) is 42.4 Å². The van der Waals surface area contributed by atoms with Gasteiger partial charge in [-0.15, -0.1) is 0 Å². The molecule has 6 rings (SSSR count). The lowest BCUT2D eigenvalue weighted by molar-refractivity contribution is 0.0623. The maximum atomic E-state index is 14.1. The molecule has 0 saturated carbocycles. The number of fused-ring (bicyclic) bond motifs is 2. The van der Waals surface area contributed by atoms with E-state index in [1.54, 1.807) is 16.6 Å². The molecule has 2 aromatic carbocycles. The van der Waals surface area contributed by atoms with Crippen LogP contribution >= 0.6 is 0 Å². The zero-order chi connectivity index (χ0) is 26.4. The molecule has 0 aliphatic carbocycles. The third-order valence-corrected chi connectivity index (χ3v) is 7.04. The van der Waals surface area contributed by atoms with Gasteiger partial charge in [-0.2, -0.15) is 5.10 Å². The summed E-state index contributed by atoms with van der Waals surface area (Å²) in [5.41, 5.74) is 3.98. The van der Waals surface area contributed by atoms with Crippen LogP contribution in [0.1, 0.15) is 42.5 Å². The molecule has 2 aliphatic rings. The zero-order valence-corrected chi connectivity index (χ0v) is 21.8. The van der Waals surface area contributed by atoms with Gasteiger partial charge < -0.3 is 14.4 Å². The Labute approximate surface area is 220 Å². The molecule has 1 amide bonds. The molecule has 0 N–H and O–H groups in total. The predicted octanol–water partition coefficient (Wildman–Crippen LogP) is 4.52. The number of ether oxygens (including phenoxy) is 2. The lowest BCUT2D eigenvalue weighted by atomic mass is 9.93. The Morgan fingerprint density at radius 1 is 0.974 bits per heavy atom. The van der Waals surface area contributed by atoms with E-state index >= 15 is 0 Å². The third kappa shape index (κ3) is 4.69. The quantitative estimate of drug-likeness (QED) is 0.398. The smallest absolute Gasteiger partial charge is 0.272 e. The third-order valence-electron chi connectivity index (χ3n) is 7.04. The molecule has 0 spiro atoms. The first-order chi connectivity index (χ1) is 18.2. The highest BCUT2D eigenvalue weighted by Crippen LogP contribution is 2.33. The Morgan fingerprint density at radius 3 is 2.53 bits per heavy atom. The molecule has 4 aromatic rings. The SMILES string of the molecule is CC(C)(C)c1cc2nc(C(=O)N3CCN(Cc4ccc5c(c4)OCO5)CC3)cc(-c3cccc(F)c3)n2n1. The zero-order valence-electron chi connectivity index (χ0n) is 21.8. The van der Waals surface area contributed by atoms with Gasteiger partial charge in [0.15, 0.2) is 17.1 Å². The van der Waals surface area contributed by atoms with Gasteiger partial charge in [-0.1, -0.05) is 39.0 Å². The second-order valence-electron chi connectivity index (χ2n) is 10.8. The molecule has 196 valence electrons. The van der Waals surface area contributed by atoms with Crippen LogP contribution in [0, 0.1) is 5.82 Å². The number of aromatic nitrogens is 3. The van der Waals surface area contributed by atoms with E-state index < -0.39 is 0 Å². The lowest BCUT2D eigenvalue weighted by Gasteiger charge is -2.34. The highest BCUT2D eigenvalue weighted by atomic mass is 19.1. The van der Waals surface area contributed by atoms with Gasteiger partial charge in [0.1, 0.15) is 11.5 Å². The maximum Gasteiger partial charge on any atom is 0.272 e. The molecular formula is C29H30FN5O3. The average Bonchev–Trinajstić information content (AvgIpc) is 3.55. The second kappa shape index (κ2) is 9.40. The molecule has 0 atom stereocenters. The van der Waals surface area contributed by atoms with Gasteiger partial charge in [-0.3, -0.25) is 9.69 Å². The summed E-state index contributed by atoms with van der Waals surface area (Å²) >= 11 is 0. The van der Waals surface area contributed by atoms with Gasteiger partial charge >= 0.3 is 0 Å². The summed E-state index contributed by atoms with van der Waals surface area (Å²) < 4.78 is 26.7. The fourth-order valence-corrected chi connectivity index (χ4v) is 4.87. The van der Waals surface area contributed by atoms with Crippen molar-refractivity contribution in [3.63, 3.8) is 0 Å². The maximum absolute atomic E-state index is 14.1. The molecule has 0 unspecified atom stereocenters. The first-order valence-electron chi connectivity index (χ1n) is 12.8. The molecule has 4 heterocycles. The highest BCUT2D eigenvalue weighted by molar-refractivity contribution is 5.94. The standard InChI is InChI=1S/C29H30FN5O3/c1-29(2,3)26-16-27-31-22(15-23(35(27)32-26)20-5-4-6-21(30)14-20)28(36)34-11-9-33(10-12-34)17-19-7-8-24-25(13-19)38-18-37-24/h4-8,13-16H,9-12,17-18H2,1-3H3. The van der Waals surface area contributed by atoms with Crippen LogP contribution < -0.4 is 9.47 Å². The molecule has 2 aliphatic heterocycles. The van der Waals surface area contributed by atoms with Crippen LogP contribution in [-0.2, 0) is 12.0 Å². The second-order valence-corrected chi connectivity index (χ2v) is 10.8. The van der Waals surface area contributed by atoms with Gasteiger partial charge in [0.25, 0.3) is 5.91 Å². The van der Waals surface area contributed by atoms with Crippen molar-refractivity contribution in [1.82, 2.24) is 24.4 Å². The van der Waals surface area contributed by atoms with Gasteiger partial charge in [0.2, 0.25) is 6.79 Å². The summed E-state index contributed by atoms with van der Waals surface area (Å²) in [7, 11) is 0. The van der Waals surface area contributed by atoms with E-state index in [9.17, 15) is 9.18 Å². The Bertz CT molecular complexity index is 1520. The van der Waals surface area contributed by atoms with Crippen molar-refractivity contribution in [2.45, 2.75) is 32.7 Å². The van der Waals surface area contributed by atoms with E-state index in [2.05, 4.69) is 36.7 Å². The summed E-state index contributed by atoms with van der Waals surface area (Å²) in [6, 6.07) is 16.0. The topological polar surface area (TPSA) is 72.2 Å². The van der Waals surface area contributed by atoms with E-state index in [1.165, 1.54) is 12.1 Å². The van der Waals surface area contributed by atoms with Gasteiger partial charge in [0, 0.05) is 49.8 Å². The van der Waals surface area contributed by atoms with Crippen LogP contribution in [-0.4, -0.2) is 63.3 Å². The molecule has 9 heteroatoms. The summed E-state index contributed by atoms with van der Waals surface area (Å²) in [5.74, 6) is 1.08. The largest absolute Gasteiger partial charge is 0.454 e. The number of carbonyl (C=O) groups excluding carboxylic acids is 1. The lowest BCUT2D eigenvalue weighted by Crippen LogP contribution is -2.48. The molecule has 8 nitrogen and oxygen atoms in total. The first-order valence-corrected chi connectivity index (χ1v) is 12.8. The molecular weight excluding hydrogens is 485 g/mol. The van der Waals surface area contributed by atoms with Crippen molar-refractivity contribution < 1.29 is 18.7 Å². The Kier molecular flexibility index (Phi) is 6.03. The first kappa shape index (κ1) is 24.4. The van der Waals surface area contributed by atoms with Crippen LogP contribution in [0.5, 0.6) is 11.5 Å². The van der Waals surface area contributed by atoms with Crippen LogP contribution in [0.15, 0.2) is 54.6 Å². The van der Waals surface area contributed by atoms with Gasteiger partial charge in [-0.25, -0.2) is 13.9 Å². The average molecular weight is 516 g/mol. The Balaban J connectivity index is 1.23. The van der Waals surface area contributed by atoms with E-state index in [0.29, 0.717) is 35.7 Å². The number of rotatable bonds is 4. The van der Waals surface area contributed by atoms with Crippen molar-refractivity contribution in [3.05, 3.63) is 77.4 Å². The molecule has 2 aromatic heterocycles. The van der Waals surface area contributed by atoms with E-state index in [1.807, 2.05) is 29.2 Å². The monoisotopic (exact) mass is 515 g/mol. The molecule has 1 fully saturated rings. The minimum Gasteiger partial charge on any atom is -0.454 e. The molecule has 0 radical (unpaired) electrons. The Hall–Kier alpha value is -3.98. The minimum atomic E-state index is -0.345. The number of carbonyl (C=O) groups is 1. The molecule has 0 bridgehead atoms. The number of benzene rings is 2. The van der Waals surface area contributed by atoms with E-state index in [-0.39, 0.29) is 23.9 Å². The summed E-state index contributed by atoms with van der Waals surface area (Å²) in [6.45, 7) is 9.95. The van der Waals surface area contributed by atoms with Crippen molar-refractivity contribution in [1.29, 1.82) is 0 Å². The van der Waals surface area contributed by atoms with Crippen molar-refractivity contribution in [3.8, 4) is 22.8 Å². The van der Waals surface area contributed by atoms with E-state index in [4.69, 9.17) is 14.6 Å². The van der Waals surface area contributed by atoms with Crippen LogP contribution in [0.25, 0.3) is 16.9 Å². The summed E-state index contributed by atoms with van der Waals surface area (Å²) in [4.78, 5) is 22.5.